The van der Waals surface area contributed by atoms with Crippen LogP contribution in [-0.2, 0) is 0 Å². The van der Waals surface area contributed by atoms with E-state index in [0.29, 0.717) is 16.5 Å². The maximum atomic E-state index is 14.5. The lowest BCUT2D eigenvalue weighted by atomic mass is 10.0. The largest absolute Gasteiger partial charge is 0.490 e. The van der Waals surface area contributed by atoms with Gasteiger partial charge >= 0.3 is 0 Å². The van der Waals surface area contributed by atoms with Crippen molar-refractivity contribution in [1.82, 2.24) is 0 Å². The van der Waals surface area contributed by atoms with Gasteiger partial charge in [0, 0.05) is 9.75 Å². The second kappa shape index (κ2) is 6.02. The van der Waals surface area contributed by atoms with Crippen LogP contribution in [0, 0.1) is 18.6 Å². The average molecular weight is 342 g/mol. The molecule has 24 heavy (non-hydrogen) atoms. The Morgan fingerprint density at radius 3 is 2.12 bits per heavy atom. The summed E-state index contributed by atoms with van der Waals surface area (Å²) in [6, 6.07) is 13.8. The van der Waals surface area contributed by atoms with E-state index in [0.717, 1.165) is 29.0 Å². The fraction of sp³-hybridized carbons (Fsp3) is 0.200. The third kappa shape index (κ3) is 3.06. The molecule has 1 heterocycles. The number of benzene rings is 2. The molecule has 0 amide bonds. The predicted molar refractivity (Wildman–Crippen MR) is 93.5 cm³/mol. The number of hydrogen-bond acceptors (Lipinski definition) is 2. The molecule has 1 aliphatic carbocycles. The van der Waals surface area contributed by atoms with Crippen molar-refractivity contribution in [3.8, 4) is 27.3 Å². The minimum Gasteiger partial charge on any atom is -0.490 e. The van der Waals surface area contributed by atoms with Crippen molar-refractivity contribution in [2.75, 3.05) is 0 Å². The average Bonchev–Trinajstić information content (AvgIpc) is 3.27. The molecule has 4 heteroatoms. The maximum Gasteiger partial charge on any atom is 0.135 e. The lowest BCUT2D eigenvalue weighted by molar-refractivity contribution is 0.303. The molecule has 1 saturated carbocycles. The van der Waals surface area contributed by atoms with E-state index < -0.39 is 11.6 Å². The van der Waals surface area contributed by atoms with Crippen molar-refractivity contribution < 1.29 is 13.5 Å². The monoisotopic (exact) mass is 342 g/mol. The molecule has 1 fully saturated rings. The van der Waals surface area contributed by atoms with Crippen LogP contribution in [0.5, 0.6) is 5.75 Å². The zero-order chi connectivity index (χ0) is 16.7. The van der Waals surface area contributed by atoms with Crippen molar-refractivity contribution in [3.05, 3.63) is 65.0 Å². The molecule has 0 N–H and O–H groups in total. The Morgan fingerprint density at radius 1 is 0.917 bits per heavy atom. The molecule has 1 aliphatic rings. The Hall–Kier alpha value is -2.20. The van der Waals surface area contributed by atoms with Gasteiger partial charge in [0.15, 0.2) is 0 Å². The first-order valence-electron chi connectivity index (χ1n) is 7.93. The molecule has 0 saturated heterocycles. The van der Waals surface area contributed by atoms with Crippen molar-refractivity contribution >= 4 is 11.3 Å². The molecule has 0 radical (unpaired) electrons. The van der Waals surface area contributed by atoms with Gasteiger partial charge < -0.3 is 4.74 Å². The van der Waals surface area contributed by atoms with Crippen LogP contribution in [0.4, 0.5) is 8.78 Å². The van der Waals surface area contributed by atoms with Crippen LogP contribution in [-0.4, -0.2) is 6.10 Å². The van der Waals surface area contributed by atoms with Crippen LogP contribution in [0.2, 0.25) is 0 Å². The molecule has 2 aromatic carbocycles. The summed E-state index contributed by atoms with van der Waals surface area (Å²) in [4.78, 5) is 1.64. The van der Waals surface area contributed by atoms with Gasteiger partial charge in [-0.25, -0.2) is 8.78 Å². The molecule has 0 unspecified atom stereocenters. The zero-order valence-electron chi connectivity index (χ0n) is 13.2. The summed E-state index contributed by atoms with van der Waals surface area (Å²) in [5, 5.41) is 0. The summed E-state index contributed by atoms with van der Waals surface area (Å²) in [7, 11) is 0. The fourth-order valence-corrected chi connectivity index (χ4v) is 3.56. The van der Waals surface area contributed by atoms with E-state index in [4.69, 9.17) is 4.74 Å². The zero-order valence-corrected chi connectivity index (χ0v) is 14.0. The summed E-state index contributed by atoms with van der Waals surface area (Å²) in [5.41, 5.74) is 1.34. The minimum atomic E-state index is -0.537. The second-order valence-electron chi connectivity index (χ2n) is 6.07. The summed E-state index contributed by atoms with van der Waals surface area (Å²) >= 11 is 1.39. The van der Waals surface area contributed by atoms with E-state index in [9.17, 15) is 8.78 Å². The molecule has 1 nitrogen and oxygen atoms in total. The highest BCUT2D eigenvalue weighted by molar-refractivity contribution is 7.15. The van der Waals surface area contributed by atoms with Gasteiger partial charge in [-0.2, -0.15) is 0 Å². The third-order valence-electron chi connectivity index (χ3n) is 4.04. The second-order valence-corrected chi connectivity index (χ2v) is 7.35. The van der Waals surface area contributed by atoms with Gasteiger partial charge in [-0.1, -0.05) is 12.1 Å². The number of halogens is 2. The lowest BCUT2D eigenvalue weighted by Gasteiger charge is -2.09. The molecule has 4 rings (SSSR count). The molecule has 0 spiro atoms. The van der Waals surface area contributed by atoms with Gasteiger partial charge in [0.1, 0.15) is 17.4 Å². The highest BCUT2D eigenvalue weighted by Crippen LogP contribution is 2.35. The van der Waals surface area contributed by atoms with Crippen LogP contribution in [0.3, 0.4) is 0 Å². The molecule has 3 aromatic rings. The number of rotatable bonds is 4. The van der Waals surface area contributed by atoms with Gasteiger partial charge in [-0.05, 0) is 67.3 Å². The van der Waals surface area contributed by atoms with Crippen molar-refractivity contribution in [2.24, 2.45) is 0 Å². The van der Waals surface area contributed by atoms with Gasteiger partial charge in [-0.3, -0.25) is 0 Å². The lowest BCUT2D eigenvalue weighted by Crippen LogP contribution is -1.95. The van der Waals surface area contributed by atoms with Crippen LogP contribution in [0.1, 0.15) is 17.7 Å². The fourth-order valence-electron chi connectivity index (χ4n) is 2.65. The summed E-state index contributed by atoms with van der Waals surface area (Å²) in [6.45, 7) is 1.92. The Morgan fingerprint density at radius 2 is 1.58 bits per heavy atom. The molecule has 0 bridgehead atoms. The van der Waals surface area contributed by atoms with Gasteiger partial charge in [0.25, 0.3) is 0 Å². The molecular formula is C20H16F2OS. The summed E-state index contributed by atoms with van der Waals surface area (Å²) < 4.78 is 34.7. The van der Waals surface area contributed by atoms with Gasteiger partial charge in [0.05, 0.1) is 11.7 Å². The predicted octanol–water partition coefficient (Wildman–Crippen LogP) is 6.21. The normalized spacial score (nSPS) is 14.0. The Kier molecular flexibility index (Phi) is 3.85. The van der Waals surface area contributed by atoms with E-state index >= 15 is 0 Å². The molecular weight excluding hydrogens is 326 g/mol. The highest BCUT2D eigenvalue weighted by Gasteiger charge is 2.23. The summed E-state index contributed by atoms with van der Waals surface area (Å²) in [5.74, 6) is -0.275. The Balaban J connectivity index is 1.66. The molecule has 122 valence electrons. The van der Waals surface area contributed by atoms with E-state index in [2.05, 4.69) is 0 Å². The smallest absolute Gasteiger partial charge is 0.135 e. The molecule has 1 aromatic heterocycles. The topological polar surface area (TPSA) is 9.23 Å². The number of ether oxygens (including phenoxy) is 1. The minimum absolute atomic E-state index is 0.0468. The van der Waals surface area contributed by atoms with Crippen LogP contribution in [0.15, 0.2) is 48.5 Å². The Labute approximate surface area is 143 Å². The number of hydrogen-bond donors (Lipinski definition) is 0. The third-order valence-corrected chi connectivity index (χ3v) is 5.06. The van der Waals surface area contributed by atoms with Gasteiger partial charge in [-0.15, -0.1) is 11.3 Å². The molecule has 0 atom stereocenters. The quantitative estimate of drug-likeness (QED) is 0.548. The first-order chi connectivity index (χ1) is 11.6. The van der Waals surface area contributed by atoms with Crippen molar-refractivity contribution in [3.63, 3.8) is 0 Å². The SMILES string of the molecule is Cc1ccc(-c2c(F)cc(-c3ccc(OC4CC4)cc3)cc2F)s1. The van der Waals surface area contributed by atoms with E-state index in [1.807, 2.05) is 37.3 Å². The van der Waals surface area contributed by atoms with Crippen molar-refractivity contribution in [1.29, 1.82) is 0 Å². The van der Waals surface area contributed by atoms with Crippen molar-refractivity contribution in [2.45, 2.75) is 25.9 Å². The Bertz CT molecular complexity index is 856. The number of aryl methyl sites for hydroxylation is 1. The van der Waals surface area contributed by atoms with Crippen LogP contribution < -0.4 is 4.74 Å². The van der Waals surface area contributed by atoms with Crippen LogP contribution in [0.25, 0.3) is 21.6 Å². The first kappa shape index (κ1) is 15.3. The van der Waals surface area contributed by atoms with Crippen LogP contribution >= 0.6 is 11.3 Å². The maximum absolute atomic E-state index is 14.5. The summed E-state index contributed by atoms with van der Waals surface area (Å²) in [6.07, 6.45) is 2.53. The van der Waals surface area contributed by atoms with E-state index in [1.54, 1.807) is 6.07 Å². The highest BCUT2D eigenvalue weighted by atomic mass is 32.1. The number of thiophene rings is 1. The van der Waals surface area contributed by atoms with Gasteiger partial charge in [0.2, 0.25) is 0 Å². The van der Waals surface area contributed by atoms with E-state index in [-0.39, 0.29) is 5.56 Å². The van der Waals surface area contributed by atoms with E-state index in [1.165, 1.54) is 23.5 Å². The molecule has 0 aliphatic heterocycles. The standard InChI is InChI=1S/C20H16F2OS/c1-12-2-9-19(24-12)20-17(21)10-14(11-18(20)22)13-3-5-15(6-4-13)23-16-7-8-16/h2-6,9-11,16H,7-8H2,1H3. The first-order valence-corrected chi connectivity index (χ1v) is 8.75.